The minimum atomic E-state index is -0.416. The highest BCUT2D eigenvalue weighted by molar-refractivity contribution is 6.07. The number of nitrogens with zero attached hydrogens (tertiary/aromatic N) is 1. The number of anilines is 2. The lowest BCUT2D eigenvalue weighted by molar-refractivity contribution is 0.102. The summed E-state index contributed by atoms with van der Waals surface area (Å²) in [7, 11) is 1.51. The van der Waals surface area contributed by atoms with E-state index in [0.717, 1.165) is 0 Å². The van der Waals surface area contributed by atoms with E-state index in [1.807, 2.05) is 0 Å². The van der Waals surface area contributed by atoms with Gasteiger partial charge in [0.25, 0.3) is 5.91 Å². The Kier molecular flexibility index (Phi) is 3.51. The molecule has 0 aliphatic rings. The number of aromatic hydroxyl groups is 1. The van der Waals surface area contributed by atoms with Gasteiger partial charge < -0.3 is 20.9 Å². The molecule has 0 spiro atoms. The van der Waals surface area contributed by atoms with Crippen molar-refractivity contribution in [3.8, 4) is 11.6 Å². The number of amides is 1. The van der Waals surface area contributed by atoms with Crippen molar-refractivity contribution < 1.29 is 14.6 Å². The van der Waals surface area contributed by atoms with Gasteiger partial charge in [0.15, 0.2) is 0 Å². The number of hydrogen-bond donors (Lipinski definition) is 3. The largest absolute Gasteiger partial charge is 0.508 e. The maximum Gasteiger partial charge on any atom is 0.257 e. The molecule has 2 aromatic rings. The Hall–Kier alpha value is -2.76. The lowest BCUT2D eigenvalue weighted by atomic mass is 10.1. The molecule has 19 heavy (non-hydrogen) atoms. The van der Waals surface area contributed by atoms with Crippen LogP contribution >= 0.6 is 0 Å². The first-order chi connectivity index (χ1) is 9.10. The van der Waals surface area contributed by atoms with E-state index in [4.69, 9.17) is 10.5 Å². The molecule has 0 unspecified atom stereocenters. The van der Waals surface area contributed by atoms with E-state index in [-0.39, 0.29) is 17.0 Å². The van der Waals surface area contributed by atoms with E-state index in [1.165, 1.54) is 31.5 Å². The van der Waals surface area contributed by atoms with Crippen LogP contribution in [0.15, 0.2) is 36.5 Å². The number of hydrogen-bond acceptors (Lipinski definition) is 5. The van der Waals surface area contributed by atoms with Crippen LogP contribution in [-0.2, 0) is 0 Å². The van der Waals surface area contributed by atoms with Gasteiger partial charge in [-0.05, 0) is 24.3 Å². The quantitative estimate of drug-likeness (QED) is 0.575. The average molecular weight is 259 g/mol. The molecule has 1 heterocycles. The molecule has 0 saturated heterocycles. The molecule has 1 amide bonds. The summed E-state index contributed by atoms with van der Waals surface area (Å²) >= 11 is 0. The van der Waals surface area contributed by atoms with E-state index in [0.29, 0.717) is 11.6 Å². The Bertz CT molecular complexity index is 597. The summed E-state index contributed by atoms with van der Waals surface area (Å²) in [5.74, 6) is 0.0161. The highest BCUT2D eigenvalue weighted by atomic mass is 16.5. The Morgan fingerprint density at radius 3 is 2.79 bits per heavy atom. The van der Waals surface area contributed by atoms with Gasteiger partial charge in [-0.15, -0.1) is 0 Å². The van der Waals surface area contributed by atoms with E-state index >= 15 is 0 Å². The van der Waals surface area contributed by atoms with E-state index in [2.05, 4.69) is 10.3 Å². The van der Waals surface area contributed by atoms with Crippen LogP contribution in [0, 0.1) is 0 Å². The molecule has 0 atom stereocenters. The Morgan fingerprint density at radius 1 is 1.37 bits per heavy atom. The van der Waals surface area contributed by atoms with Gasteiger partial charge in [0.05, 0.1) is 24.6 Å². The molecule has 0 aliphatic heterocycles. The van der Waals surface area contributed by atoms with E-state index in [9.17, 15) is 9.90 Å². The van der Waals surface area contributed by atoms with Crippen LogP contribution in [0.1, 0.15) is 10.4 Å². The molecule has 0 bridgehead atoms. The fourth-order valence-corrected chi connectivity index (χ4v) is 1.51. The molecule has 0 radical (unpaired) electrons. The fourth-order valence-electron chi connectivity index (χ4n) is 1.51. The van der Waals surface area contributed by atoms with Crippen molar-refractivity contribution >= 4 is 17.3 Å². The molecular weight excluding hydrogens is 246 g/mol. The number of pyridine rings is 1. The minimum Gasteiger partial charge on any atom is -0.508 e. The molecule has 1 aromatic carbocycles. The highest BCUT2D eigenvalue weighted by Crippen LogP contribution is 2.20. The van der Waals surface area contributed by atoms with Gasteiger partial charge >= 0.3 is 0 Å². The number of carbonyl (C=O) groups excluding carboxylic acids is 1. The minimum absolute atomic E-state index is 0.0211. The predicted octanol–water partition coefficient (Wildman–Crippen LogP) is 1.63. The fraction of sp³-hybridized carbons (Fsp3) is 0.0769. The molecule has 0 aliphatic carbocycles. The molecule has 2 rings (SSSR count). The number of methoxy groups -OCH3 is 1. The van der Waals surface area contributed by atoms with Crippen molar-refractivity contribution in [1.29, 1.82) is 0 Å². The number of rotatable bonds is 3. The SMILES string of the molecule is COc1ccc(NC(=O)c2cc(O)ccc2N)cn1. The van der Waals surface area contributed by atoms with E-state index in [1.54, 1.807) is 12.1 Å². The van der Waals surface area contributed by atoms with Crippen molar-refractivity contribution in [3.63, 3.8) is 0 Å². The number of phenolic OH excluding ortho intramolecular Hbond substituents is 1. The van der Waals surface area contributed by atoms with Gasteiger partial charge in [0.1, 0.15) is 5.75 Å². The number of ether oxygens (including phenoxy) is 1. The summed E-state index contributed by atoms with van der Waals surface area (Å²) in [6.45, 7) is 0. The van der Waals surface area contributed by atoms with Crippen LogP contribution in [0.4, 0.5) is 11.4 Å². The maximum atomic E-state index is 12.0. The highest BCUT2D eigenvalue weighted by Gasteiger charge is 2.11. The predicted molar refractivity (Wildman–Crippen MR) is 71.3 cm³/mol. The summed E-state index contributed by atoms with van der Waals surface area (Å²) in [4.78, 5) is 15.9. The molecule has 6 nitrogen and oxygen atoms in total. The average Bonchev–Trinajstić information content (AvgIpc) is 2.42. The first-order valence-corrected chi connectivity index (χ1v) is 5.50. The number of nitrogen functional groups attached to an aromatic ring is 1. The van der Waals surface area contributed by atoms with Crippen LogP contribution in [0.3, 0.4) is 0 Å². The number of aromatic nitrogens is 1. The normalized spacial score (nSPS) is 9.95. The van der Waals surface area contributed by atoms with Crippen molar-refractivity contribution in [3.05, 3.63) is 42.1 Å². The van der Waals surface area contributed by atoms with Gasteiger partial charge in [0.2, 0.25) is 5.88 Å². The maximum absolute atomic E-state index is 12.0. The second-order valence-corrected chi connectivity index (χ2v) is 3.81. The van der Waals surface area contributed by atoms with Gasteiger partial charge in [0, 0.05) is 11.8 Å². The zero-order chi connectivity index (χ0) is 13.8. The number of phenols is 1. The zero-order valence-electron chi connectivity index (χ0n) is 10.3. The summed E-state index contributed by atoms with van der Waals surface area (Å²) in [6, 6.07) is 7.48. The van der Waals surface area contributed by atoms with Gasteiger partial charge in [-0.3, -0.25) is 4.79 Å². The summed E-state index contributed by atoms with van der Waals surface area (Å²) in [5, 5.41) is 12.0. The summed E-state index contributed by atoms with van der Waals surface area (Å²) in [5.41, 5.74) is 6.68. The Labute approximate surface area is 109 Å². The van der Waals surface area contributed by atoms with Crippen LogP contribution in [0.25, 0.3) is 0 Å². The molecule has 4 N–H and O–H groups in total. The van der Waals surface area contributed by atoms with Crippen molar-refractivity contribution in [2.45, 2.75) is 0 Å². The first-order valence-electron chi connectivity index (χ1n) is 5.50. The van der Waals surface area contributed by atoms with Gasteiger partial charge in [-0.25, -0.2) is 4.98 Å². The lowest BCUT2D eigenvalue weighted by Crippen LogP contribution is -2.14. The van der Waals surface area contributed by atoms with Crippen LogP contribution in [0.5, 0.6) is 11.6 Å². The van der Waals surface area contributed by atoms with Crippen molar-refractivity contribution in [1.82, 2.24) is 4.98 Å². The monoisotopic (exact) mass is 259 g/mol. The molecule has 0 fully saturated rings. The third-order valence-electron chi connectivity index (χ3n) is 2.48. The van der Waals surface area contributed by atoms with Crippen LogP contribution < -0.4 is 15.8 Å². The Balaban J connectivity index is 2.18. The van der Waals surface area contributed by atoms with Crippen LogP contribution in [0.2, 0.25) is 0 Å². The molecule has 1 aromatic heterocycles. The van der Waals surface area contributed by atoms with E-state index < -0.39 is 5.91 Å². The molecule has 98 valence electrons. The lowest BCUT2D eigenvalue weighted by Gasteiger charge is -2.08. The number of nitrogens with one attached hydrogen (secondary N) is 1. The molecular formula is C13H13N3O3. The second-order valence-electron chi connectivity index (χ2n) is 3.81. The molecule has 6 heteroatoms. The summed E-state index contributed by atoms with van der Waals surface area (Å²) in [6.07, 6.45) is 1.47. The number of benzene rings is 1. The third kappa shape index (κ3) is 2.92. The Morgan fingerprint density at radius 2 is 2.16 bits per heavy atom. The smallest absolute Gasteiger partial charge is 0.257 e. The van der Waals surface area contributed by atoms with Gasteiger partial charge in [-0.1, -0.05) is 0 Å². The van der Waals surface area contributed by atoms with Crippen molar-refractivity contribution in [2.24, 2.45) is 0 Å². The topological polar surface area (TPSA) is 97.5 Å². The number of carbonyl (C=O) groups is 1. The van der Waals surface area contributed by atoms with Crippen LogP contribution in [-0.4, -0.2) is 23.1 Å². The molecule has 0 saturated carbocycles. The standard InChI is InChI=1S/C13H13N3O3/c1-19-12-5-2-8(7-15-12)16-13(18)10-6-9(17)3-4-11(10)14/h2-7,17H,14H2,1H3,(H,16,18). The van der Waals surface area contributed by atoms with Gasteiger partial charge in [-0.2, -0.15) is 0 Å². The third-order valence-corrected chi connectivity index (χ3v) is 2.48. The first kappa shape index (κ1) is 12.7. The zero-order valence-corrected chi connectivity index (χ0v) is 10.3. The number of nitrogens with two attached hydrogens (primary N) is 1. The second kappa shape index (κ2) is 5.26. The summed E-state index contributed by atoms with van der Waals surface area (Å²) < 4.78 is 4.92. The van der Waals surface area contributed by atoms with Crippen molar-refractivity contribution in [2.75, 3.05) is 18.2 Å².